The van der Waals surface area contributed by atoms with E-state index in [1.165, 1.54) is 10.8 Å². The number of hydrogen-bond acceptors (Lipinski definition) is 6. The molecule has 0 atom stereocenters. The van der Waals surface area contributed by atoms with E-state index in [1.54, 1.807) is 14.2 Å². The van der Waals surface area contributed by atoms with Crippen molar-refractivity contribution in [2.24, 2.45) is 0 Å². The van der Waals surface area contributed by atoms with Crippen LogP contribution in [0.25, 0.3) is 16.9 Å². The van der Waals surface area contributed by atoms with Crippen LogP contribution in [-0.4, -0.2) is 33.8 Å². The Bertz CT molecular complexity index is 784. The molecule has 2 aromatic heterocycles. The maximum atomic E-state index is 6.26. The number of methoxy groups -OCH3 is 2. The van der Waals surface area contributed by atoms with Gasteiger partial charge in [0.1, 0.15) is 17.9 Å². The van der Waals surface area contributed by atoms with Gasteiger partial charge in [0.15, 0.2) is 0 Å². The molecule has 3 rings (SSSR count). The Labute approximate surface area is 121 Å². The van der Waals surface area contributed by atoms with E-state index in [9.17, 15) is 0 Å². The fourth-order valence-corrected chi connectivity index (χ4v) is 2.30. The molecule has 0 aliphatic rings. The van der Waals surface area contributed by atoms with Crippen molar-refractivity contribution in [2.45, 2.75) is 6.61 Å². The van der Waals surface area contributed by atoms with Crippen LogP contribution in [0.4, 0.5) is 5.82 Å². The van der Waals surface area contributed by atoms with Gasteiger partial charge in [-0.2, -0.15) is 14.6 Å². The molecule has 0 unspecified atom stereocenters. The van der Waals surface area contributed by atoms with Crippen LogP contribution in [0.3, 0.4) is 0 Å². The molecule has 0 aliphatic carbocycles. The van der Waals surface area contributed by atoms with Crippen LogP contribution < -0.4 is 10.5 Å². The summed E-state index contributed by atoms with van der Waals surface area (Å²) in [5, 5.41) is 4.10. The van der Waals surface area contributed by atoms with Crippen molar-refractivity contribution in [3.63, 3.8) is 0 Å². The number of aromatic nitrogens is 4. The molecule has 7 nitrogen and oxygen atoms in total. The molecule has 0 amide bonds. The molecule has 21 heavy (non-hydrogen) atoms. The number of para-hydroxylation sites is 1. The van der Waals surface area contributed by atoms with Gasteiger partial charge in [0.05, 0.1) is 25.0 Å². The number of rotatable bonds is 4. The maximum absolute atomic E-state index is 6.26. The third-order valence-electron chi connectivity index (χ3n) is 3.19. The minimum absolute atomic E-state index is 0.320. The Morgan fingerprint density at radius 1 is 1.24 bits per heavy atom. The predicted molar refractivity (Wildman–Crippen MR) is 77.9 cm³/mol. The van der Waals surface area contributed by atoms with E-state index < -0.39 is 0 Å². The summed E-state index contributed by atoms with van der Waals surface area (Å²) in [5.74, 6) is 1.61. The highest BCUT2D eigenvalue weighted by Gasteiger charge is 2.18. The third-order valence-corrected chi connectivity index (χ3v) is 3.19. The summed E-state index contributed by atoms with van der Waals surface area (Å²) in [5.41, 5.74) is 8.54. The van der Waals surface area contributed by atoms with Crippen LogP contribution in [0, 0.1) is 0 Å². The molecular weight excluding hydrogens is 270 g/mol. The van der Waals surface area contributed by atoms with E-state index in [1.807, 2.05) is 24.3 Å². The van der Waals surface area contributed by atoms with E-state index in [-0.39, 0.29) is 0 Å². The number of nitrogens with zero attached hydrogens (tertiary/aromatic N) is 4. The summed E-state index contributed by atoms with van der Waals surface area (Å²) in [4.78, 5) is 8.54. The minimum Gasteiger partial charge on any atom is -0.496 e. The first-order valence-electron chi connectivity index (χ1n) is 6.36. The van der Waals surface area contributed by atoms with Crippen LogP contribution in [0.5, 0.6) is 5.75 Å². The van der Waals surface area contributed by atoms with Crippen molar-refractivity contribution in [3.8, 4) is 16.9 Å². The van der Waals surface area contributed by atoms with Crippen LogP contribution in [0.15, 0.2) is 30.6 Å². The second-order valence-electron chi connectivity index (χ2n) is 4.42. The zero-order valence-electron chi connectivity index (χ0n) is 11.8. The lowest BCUT2D eigenvalue weighted by Gasteiger charge is -2.14. The lowest BCUT2D eigenvalue weighted by Crippen LogP contribution is -2.09. The van der Waals surface area contributed by atoms with Gasteiger partial charge in [0.2, 0.25) is 0 Å². The maximum Gasteiger partial charge on any atom is 0.254 e. The normalized spacial score (nSPS) is 11.0. The van der Waals surface area contributed by atoms with Gasteiger partial charge in [-0.25, -0.2) is 4.98 Å². The largest absolute Gasteiger partial charge is 0.496 e. The number of benzene rings is 1. The number of anilines is 1. The van der Waals surface area contributed by atoms with Crippen molar-refractivity contribution in [3.05, 3.63) is 36.3 Å². The topological polar surface area (TPSA) is 87.6 Å². The predicted octanol–water partition coefficient (Wildman–Crippen LogP) is 1.53. The average Bonchev–Trinajstić information content (AvgIpc) is 2.97. The molecule has 0 saturated carbocycles. The summed E-state index contributed by atoms with van der Waals surface area (Å²) in [6.07, 6.45) is 1.42. The summed E-state index contributed by atoms with van der Waals surface area (Å²) in [7, 11) is 3.23. The van der Waals surface area contributed by atoms with Gasteiger partial charge in [-0.1, -0.05) is 18.2 Å². The highest BCUT2D eigenvalue weighted by atomic mass is 16.5. The summed E-state index contributed by atoms with van der Waals surface area (Å²) >= 11 is 0. The van der Waals surface area contributed by atoms with Gasteiger partial charge in [-0.3, -0.25) is 0 Å². The Morgan fingerprint density at radius 2 is 2.05 bits per heavy atom. The second kappa shape index (κ2) is 5.37. The fraction of sp³-hybridized carbons (Fsp3) is 0.214. The van der Waals surface area contributed by atoms with Crippen molar-refractivity contribution in [2.75, 3.05) is 20.0 Å². The molecule has 0 aliphatic heterocycles. The highest BCUT2D eigenvalue weighted by molar-refractivity contribution is 5.81. The Kier molecular flexibility index (Phi) is 3.41. The Balaban J connectivity index is 2.33. The lowest BCUT2D eigenvalue weighted by atomic mass is 10.0. The zero-order chi connectivity index (χ0) is 14.8. The summed E-state index contributed by atoms with van der Waals surface area (Å²) in [6.45, 7) is 0.320. The number of ether oxygens (including phenoxy) is 2. The fourth-order valence-electron chi connectivity index (χ4n) is 2.30. The molecule has 0 fully saturated rings. The lowest BCUT2D eigenvalue weighted by molar-refractivity contribution is 0.182. The molecule has 0 saturated heterocycles. The van der Waals surface area contributed by atoms with Crippen LogP contribution >= 0.6 is 0 Å². The molecule has 1 aromatic carbocycles. The smallest absolute Gasteiger partial charge is 0.254 e. The molecule has 2 N–H and O–H groups in total. The van der Waals surface area contributed by atoms with E-state index in [0.717, 1.165) is 11.1 Å². The van der Waals surface area contributed by atoms with Gasteiger partial charge < -0.3 is 15.2 Å². The number of fused-ring (bicyclic) bond motifs is 1. The van der Waals surface area contributed by atoms with Gasteiger partial charge in [-0.05, 0) is 6.07 Å². The molecule has 108 valence electrons. The molecule has 0 radical (unpaired) electrons. The van der Waals surface area contributed by atoms with Crippen molar-refractivity contribution >= 4 is 11.6 Å². The van der Waals surface area contributed by atoms with E-state index in [0.29, 0.717) is 29.6 Å². The monoisotopic (exact) mass is 285 g/mol. The molecular formula is C14H15N5O2. The van der Waals surface area contributed by atoms with Crippen molar-refractivity contribution < 1.29 is 9.47 Å². The first kappa shape index (κ1) is 13.3. The third kappa shape index (κ3) is 2.17. The van der Waals surface area contributed by atoms with Gasteiger partial charge in [-0.15, -0.1) is 0 Å². The van der Waals surface area contributed by atoms with Crippen molar-refractivity contribution in [1.29, 1.82) is 0 Å². The first-order chi connectivity index (χ1) is 10.3. The number of nitrogens with two attached hydrogens (primary N) is 1. The number of nitrogen functional groups attached to an aromatic ring is 1. The summed E-state index contributed by atoms with van der Waals surface area (Å²) < 4.78 is 12.1. The molecule has 0 spiro atoms. The van der Waals surface area contributed by atoms with E-state index in [2.05, 4.69) is 15.1 Å². The van der Waals surface area contributed by atoms with E-state index in [4.69, 9.17) is 15.2 Å². The van der Waals surface area contributed by atoms with Gasteiger partial charge >= 0.3 is 0 Å². The first-order valence-corrected chi connectivity index (χ1v) is 6.36. The Hall–Kier alpha value is -2.67. The second-order valence-corrected chi connectivity index (χ2v) is 4.42. The van der Waals surface area contributed by atoms with Gasteiger partial charge in [0, 0.05) is 12.7 Å². The number of hydrogen-bond donors (Lipinski definition) is 1. The SMILES string of the molecule is COCc1nc2ncnn2c(N)c1-c1ccccc1OC. The summed E-state index contributed by atoms with van der Waals surface area (Å²) in [6, 6.07) is 7.61. The highest BCUT2D eigenvalue weighted by Crippen LogP contribution is 2.35. The molecule has 7 heteroatoms. The minimum atomic E-state index is 0.320. The van der Waals surface area contributed by atoms with E-state index >= 15 is 0 Å². The molecule has 3 aromatic rings. The quantitative estimate of drug-likeness (QED) is 0.782. The standard InChI is InChI=1S/C14H15N5O2/c1-20-7-10-12(9-5-3-4-6-11(9)21-2)13(15)19-14(18-10)16-8-17-19/h3-6,8H,7,15H2,1-2H3. The van der Waals surface area contributed by atoms with Crippen LogP contribution in [-0.2, 0) is 11.3 Å². The van der Waals surface area contributed by atoms with Crippen LogP contribution in [0.1, 0.15) is 5.69 Å². The Morgan fingerprint density at radius 3 is 2.81 bits per heavy atom. The zero-order valence-corrected chi connectivity index (χ0v) is 11.8. The van der Waals surface area contributed by atoms with Gasteiger partial charge in [0.25, 0.3) is 5.78 Å². The van der Waals surface area contributed by atoms with Crippen LogP contribution in [0.2, 0.25) is 0 Å². The van der Waals surface area contributed by atoms with Crippen molar-refractivity contribution in [1.82, 2.24) is 19.6 Å². The molecule has 0 bridgehead atoms. The average molecular weight is 285 g/mol. The molecule has 2 heterocycles.